The van der Waals surface area contributed by atoms with E-state index in [9.17, 15) is 9.50 Å². The highest BCUT2D eigenvalue weighted by atomic mass is 19.1. The average Bonchev–Trinajstić information content (AvgIpc) is 2.00. The van der Waals surface area contributed by atoms with Gasteiger partial charge in [0.2, 0.25) is 0 Å². The molecule has 0 heterocycles. The molecule has 0 aliphatic rings. The van der Waals surface area contributed by atoms with Crippen LogP contribution in [-0.2, 0) is 0 Å². The van der Waals surface area contributed by atoms with Crippen LogP contribution in [0.15, 0.2) is 12.1 Å². The van der Waals surface area contributed by atoms with E-state index < -0.39 is 5.82 Å². The number of nitrogens with two attached hydrogens (primary N) is 2. The molecule has 0 aromatic heterocycles. The summed E-state index contributed by atoms with van der Waals surface area (Å²) in [5, 5.41) is 9.30. The van der Waals surface area contributed by atoms with E-state index in [-0.39, 0.29) is 17.5 Å². The second-order valence-electron chi connectivity index (χ2n) is 2.69. The van der Waals surface area contributed by atoms with Crippen LogP contribution in [0.1, 0.15) is 18.5 Å². The van der Waals surface area contributed by atoms with E-state index in [0.29, 0.717) is 5.56 Å². The fourth-order valence-electron chi connectivity index (χ4n) is 0.968. The molecule has 0 bridgehead atoms. The van der Waals surface area contributed by atoms with Gasteiger partial charge in [-0.2, -0.15) is 0 Å². The smallest absolute Gasteiger partial charge is 0.149 e. The maximum absolute atomic E-state index is 12.7. The summed E-state index contributed by atoms with van der Waals surface area (Å²) in [5.41, 5.74) is 10.9. The van der Waals surface area contributed by atoms with E-state index in [1.807, 2.05) is 0 Å². The zero-order valence-corrected chi connectivity index (χ0v) is 6.71. The number of hydrogen-bond acceptors (Lipinski definition) is 3. The first-order chi connectivity index (χ1) is 5.54. The number of benzene rings is 1. The van der Waals surface area contributed by atoms with Crippen molar-refractivity contribution < 1.29 is 9.50 Å². The van der Waals surface area contributed by atoms with Crippen LogP contribution in [0.25, 0.3) is 0 Å². The zero-order valence-electron chi connectivity index (χ0n) is 6.71. The fourth-order valence-corrected chi connectivity index (χ4v) is 0.968. The predicted molar refractivity (Wildman–Crippen MR) is 45.1 cm³/mol. The Morgan fingerprint density at radius 2 is 2.08 bits per heavy atom. The first-order valence-electron chi connectivity index (χ1n) is 3.56. The molecule has 5 N–H and O–H groups in total. The lowest BCUT2D eigenvalue weighted by molar-refractivity contribution is 0.461. The quantitative estimate of drug-likeness (QED) is 0.437. The van der Waals surface area contributed by atoms with Crippen LogP contribution in [0, 0.1) is 5.82 Å². The van der Waals surface area contributed by atoms with E-state index >= 15 is 0 Å². The van der Waals surface area contributed by atoms with Crippen LogP contribution in [-0.4, -0.2) is 5.11 Å². The minimum Gasteiger partial charge on any atom is -0.505 e. The molecule has 66 valence electrons. The monoisotopic (exact) mass is 170 g/mol. The maximum Gasteiger partial charge on any atom is 0.149 e. The fraction of sp³-hybridized carbons (Fsp3) is 0.250. The topological polar surface area (TPSA) is 72.3 Å². The Labute approximate surface area is 69.8 Å². The Morgan fingerprint density at radius 1 is 1.50 bits per heavy atom. The van der Waals surface area contributed by atoms with Crippen LogP contribution in [0.5, 0.6) is 5.75 Å². The highest BCUT2D eigenvalue weighted by molar-refractivity contribution is 5.57. The first kappa shape index (κ1) is 8.80. The van der Waals surface area contributed by atoms with E-state index in [1.54, 1.807) is 6.92 Å². The molecule has 0 spiro atoms. The van der Waals surface area contributed by atoms with Crippen LogP contribution in [0.4, 0.5) is 10.1 Å². The second-order valence-corrected chi connectivity index (χ2v) is 2.69. The lowest BCUT2D eigenvalue weighted by atomic mass is 10.1. The number of rotatable bonds is 1. The van der Waals surface area contributed by atoms with Crippen LogP contribution >= 0.6 is 0 Å². The number of anilines is 1. The van der Waals surface area contributed by atoms with E-state index in [2.05, 4.69) is 0 Å². The number of nitrogen functional groups attached to an aromatic ring is 1. The normalized spacial score (nSPS) is 12.9. The van der Waals surface area contributed by atoms with Gasteiger partial charge in [-0.25, -0.2) is 4.39 Å². The van der Waals surface area contributed by atoms with E-state index in [1.165, 1.54) is 12.1 Å². The predicted octanol–water partition coefficient (Wildman–Crippen LogP) is 1.13. The summed E-state index contributed by atoms with van der Waals surface area (Å²) in [7, 11) is 0. The average molecular weight is 170 g/mol. The summed E-state index contributed by atoms with van der Waals surface area (Å²) < 4.78 is 12.7. The molecule has 0 aliphatic heterocycles. The molecule has 1 unspecified atom stereocenters. The van der Waals surface area contributed by atoms with Gasteiger partial charge >= 0.3 is 0 Å². The van der Waals surface area contributed by atoms with Crippen LogP contribution in [0.2, 0.25) is 0 Å². The molecule has 1 rings (SSSR count). The molecule has 3 nitrogen and oxygen atoms in total. The molecule has 1 atom stereocenters. The van der Waals surface area contributed by atoms with Crippen molar-refractivity contribution in [2.75, 3.05) is 5.73 Å². The number of halogens is 1. The van der Waals surface area contributed by atoms with Gasteiger partial charge in [-0.1, -0.05) is 6.07 Å². The molecular weight excluding hydrogens is 159 g/mol. The van der Waals surface area contributed by atoms with Crippen molar-refractivity contribution in [3.8, 4) is 5.75 Å². The minimum absolute atomic E-state index is 0.246. The molecule has 0 amide bonds. The number of phenols is 1. The standard InChI is InChI=1S/C8H11FN2O/c1-4(10)5-2-3-6(9)7(11)8(5)12/h2-4,12H,10-11H2,1H3. The van der Waals surface area contributed by atoms with Crippen molar-refractivity contribution in [3.05, 3.63) is 23.5 Å². The molecule has 0 fully saturated rings. The Kier molecular flexibility index (Phi) is 2.19. The van der Waals surface area contributed by atoms with Crippen molar-refractivity contribution in [1.82, 2.24) is 0 Å². The molecular formula is C8H11FN2O. The first-order valence-corrected chi connectivity index (χ1v) is 3.56. The maximum atomic E-state index is 12.7. The molecule has 0 saturated heterocycles. The highest BCUT2D eigenvalue weighted by Gasteiger charge is 2.11. The summed E-state index contributed by atoms with van der Waals surface area (Å²) in [4.78, 5) is 0. The second kappa shape index (κ2) is 2.98. The van der Waals surface area contributed by atoms with Crippen molar-refractivity contribution >= 4 is 5.69 Å². The third kappa shape index (κ3) is 1.33. The Morgan fingerprint density at radius 3 is 2.58 bits per heavy atom. The Balaban J connectivity index is 3.27. The lowest BCUT2D eigenvalue weighted by Gasteiger charge is -2.10. The summed E-state index contributed by atoms with van der Waals surface area (Å²) in [5.74, 6) is -0.887. The van der Waals surface area contributed by atoms with Gasteiger partial charge in [0, 0.05) is 11.6 Å². The van der Waals surface area contributed by atoms with E-state index in [4.69, 9.17) is 11.5 Å². The summed E-state index contributed by atoms with van der Waals surface area (Å²) in [6, 6.07) is 2.26. The molecule has 0 saturated carbocycles. The summed E-state index contributed by atoms with van der Waals surface area (Å²) >= 11 is 0. The van der Waals surface area contributed by atoms with Gasteiger partial charge in [-0.3, -0.25) is 0 Å². The summed E-state index contributed by atoms with van der Waals surface area (Å²) in [6.45, 7) is 1.69. The number of phenolic OH excluding ortho intramolecular Hbond substituents is 1. The van der Waals surface area contributed by atoms with Crippen molar-refractivity contribution in [2.45, 2.75) is 13.0 Å². The Hall–Kier alpha value is -1.29. The number of hydrogen-bond donors (Lipinski definition) is 3. The van der Waals surface area contributed by atoms with Crippen molar-refractivity contribution in [3.63, 3.8) is 0 Å². The lowest BCUT2D eigenvalue weighted by Crippen LogP contribution is -2.06. The third-order valence-corrected chi connectivity index (χ3v) is 1.69. The van der Waals surface area contributed by atoms with Gasteiger partial charge in [0.05, 0.1) is 0 Å². The van der Waals surface area contributed by atoms with Gasteiger partial charge < -0.3 is 16.6 Å². The molecule has 12 heavy (non-hydrogen) atoms. The SMILES string of the molecule is CC(N)c1ccc(F)c(N)c1O. The van der Waals surface area contributed by atoms with Gasteiger partial charge in [0.25, 0.3) is 0 Å². The molecule has 1 aromatic rings. The molecule has 0 aliphatic carbocycles. The van der Waals surface area contributed by atoms with Gasteiger partial charge in [-0.15, -0.1) is 0 Å². The van der Waals surface area contributed by atoms with E-state index in [0.717, 1.165) is 0 Å². The summed E-state index contributed by atoms with van der Waals surface area (Å²) in [6.07, 6.45) is 0. The van der Waals surface area contributed by atoms with Crippen LogP contribution < -0.4 is 11.5 Å². The molecule has 4 heteroatoms. The zero-order chi connectivity index (χ0) is 9.30. The highest BCUT2D eigenvalue weighted by Crippen LogP contribution is 2.30. The molecule has 1 aromatic carbocycles. The minimum atomic E-state index is -0.628. The Bertz CT molecular complexity index is 299. The van der Waals surface area contributed by atoms with Crippen molar-refractivity contribution in [2.24, 2.45) is 5.73 Å². The van der Waals surface area contributed by atoms with Crippen molar-refractivity contribution in [1.29, 1.82) is 0 Å². The largest absolute Gasteiger partial charge is 0.505 e. The van der Waals surface area contributed by atoms with Crippen LogP contribution in [0.3, 0.4) is 0 Å². The molecule has 0 radical (unpaired) electrons. The third-order valence-electron chi connectivity index (χ3n) is 1.69. The van der Waals surface area contributed by atoms with Gasteiger partial charge in [0.15, 0.2) is 0 Å². The van der Waals surface area contributed by atoms with Gasteiger partial charge in [-0.05, 0) is 13.0 Å². The number of aromatic hydroxyl groups is 1. The van der Waals surface area contributed by atoms with Gasteiger partial charge in [0.1, 0.15) is 17.3 Å².